The summed E-state index contributed by atoms with van der Waals surface area (Å²) < 4.78 is 13.9. The van der Waals surface area contributed by atoms with Crippen LogP contribution in [0.5, 0.6) is 0 Å². The van der Waals surface area contributed by atoms with Crippen molar-refractivity contribution < 1.29 is 9.18 Å². The number of amides is 1. The maximum Gasteiger partial charge on any atom is 0.255 e. The van der Waals surface area contributed by atoms with Crippen LogP contribution in [0.3, 0.4) is 0 Å². The number of carbonyl (C=O) groups is 1. The number of carbonyl (C=O) groups excluding carboxylic acids is 1. The van der Waals surface area contributed by atoms with E-state index in [1.807, 2.05) is 4.90 Å². The Morgan fingerprint density at radius 3 is 2.79 bits per heavy atom. The molecule has 0 saturated heterocycles. The van der Waals surface area contributed by atoms with Crippen LogP contribution >= 0.6 is 27.5 Å². The molecule has 1 aliphatic rings. The van der Waals surface area contributed by atoms with Crippen molar-refractivity contribution in [3.8, 4) is 0 Å². The first kappa shape index (κ1) is 14.8. The number of nitrogens with zero attached hydrogens (tertiary/aromatic N) is 1. The van der Waals surface area contributed by atoms with Crippen molar-refractivity contribution in [2.45, 2.75) is 31.7 Å². The first-order valence-corrected chi connectivity index (χ1v) is 7.78. The molecule has 2 rings (SSSR count). The molecule has 0 heterocycles. The molecule has 2 nitrogen and oxygen atoms in total. The van der Waals surface area contributed by atoms with Gasteiger partial charge in [-0.1, -0.05) is 0 Å². The Balaban J connectivity index is 2.19. The van der Waals surface area contributed by atoms with Gasteiger partial charge in [0, 0.05) is 22.9 Å². The number of alkyl halides is 1. The molecule has 1 aromatic carbocycles. The SMILES string of the molecule is O=C(c1cc(F)ccc1Br)N(CCCCl)C1CCC1. The molecular formula is C14H16BrClFNO. The van der Waals surface area contributed by atoms with Crippen molar-refractivity contribution in [3.05, 3.63) is 34.1 Å². The summed E-state index contributed by atoms with van der Waals surface area (Å²) >= 11 is 9.03. The average Bonchev–Trinajstić information content (AvgIpc) is 2.34. The third-order valence-electron chi connectivity index (χ3n) is 3.47. The van der Waals surface area contributed by atoms with Crippen LogP contribution in [-0.4, -0.2) is 29.3 Å². The molecule has 0 N–H and O–H groups in total. The molecule has 1 saturated carbocycles. The zero-order valence-electron chi connectivity index (χ0n) is 10.5. The van der Waals surface area contributed by atoms with Crippen molar-refractivity contribution in [2.75, 3.05) is 12.4 Å². The standard InChI is InChI=1S/C14H16BrClFNO/c15-13-6-5-10(17)9-12(13)14(19)18(8-2-7-16)11-3-1-4-11/h5-6,9,11H,1-4,7-8H2. The number of hydrogen-bond donors (Lipinski definition) is 0. The summed E-state index contributed by atoms with van der Waals surface area (Å²) in [4.78, 5) is 14.4. The molecule has 0 bridgehead atoms. The summed E-state index contributed by atoms with van der Waals surface area (Å²) in [5.41, 5.74) is 0.390. The number of rotatable bonds is 5. The lowest BCUT2D eigenvalue weighted by Gasteiger charge is -2.37. The molecule has 0 spiro atoms. The monoisotopic (exact) mass is 347 g/mol. The zero-order valence-corrected chi connectivity index (χ0v) is 12.9. The van der Waals surface area contributed by atoms with Gasteiger partial charge in [0.2, 0.25) is 0 Å². The second kappa shape index (κ2) is 6.71. The number of hydrogen-bond acceptors (Lipinski definition) is 1. The van der Waals surface area contributed by atoms with Gasteiger partial charge >= 0.3 is 0 Å². The van der Waals surface area contributed by atoms with Gasteiger partial charge in [-0.25, -0.2) is 4.39 Å². The van der Waals surface area contributed by atoms with Crippen LogP contribution in [-0.2, 0) is 0 Å². The molecule has 0 aliphatic heterocycles. The van der Waals surface area contributed by atoms with Crippen LogP contribution < -0.4 is 0 Å². The summed E-state index contributed by atoms with van der Waals surface area (Å²) in [6, 6.07) is 4.49. The smallest absolute Gasteiger partial charge is 0.255 e. The fourth-order valence-corrected chi connectivity index (χ4v) is 2.73. The summed E-state index contributed by atoms with van der Waals surface area (Å²) in [6.07, 6.45) is 3.97. The van der Waals surface area contributed by atoms with E-state index < -0.39 is 5.82 Å². The van der Waals surface area contributed by atoms with Crippen molar-refractivity contribution in [3.63, 3.8) is 0 Å². The van der Waals surface area contributed by atoms with E-state index in [1.54, 1.807) is 6.07 Å². The lowest BCUT2D eigenvalue weighted by molar-refractivity contribution is 0.0579. The first-order chi connectivity index (χ1) is 9.13. The molecule has 19 heavy (non-hydrogen) atoms. The number of benzene rings is 1. The van der Waals surface area contributed by atoms with Gasteiger partial charge < -0.3 is 4.90 Å². The van der Waals surface area contributed by atoms with Gasteiger partial charge in [-0.05, 0) is 59.8 Å². The van der Waals surface area contributed by atoms with E-state index in [9.17, 15) is 9.18 Å². The molecule has 0 aromatic heterocycles. The fourth-order valence-electron chi connectivity index (χ4n) is 2.19. The summed E-state index contributed by atoms with van der Waals surface area (Å²) in [6.45, 7) is 0.635. The lowest BCUT2D eigenvalue weighted by atomic mass is 9.91. The van der Waals surface area contributed by atoms with Crippen molar-refractivity contribution in [1.82, 2.24) is 4.90 Å². The minimum atomic E-state index is -0.391. The van der Waals surface area contributed by atoms with E-state index in [0.29, 0.717) is 22.5 Å². The van der Waals surface area contributed by atoms with Gasteiger partial charge in [-0.3, -0.25) is 4.79 Å². The predicted octanol–water partition coefficient (Wildman–Crippen LogP) is 4.21. The predicted molar refractivity (Wildman–Crippen MR) is 78.1 cm³/mol. The van der Waals surface area contributed by atoms with Gasteiger partial charge in [0.25, 0.3) is 5.91 Å². The lowest BCUT2D eigenvalue weighted by Crippen LogP contribution is -2.45. The Labute approximate surface area is 126 Å². The molecule has 0 atom stereocenters. The highest BCUT2D eigenvalue weighted by Gasteiger charge is 2.29. The minimum Gasteiger partial charge on any atom is -0.336 e. The van der Waals surface area contributed by atoms with Gasteiger partial charge in [0.15, 0.2) is 0 Å². The second-order valence-corrected chi connectivity index (χ2v) is 5.98. The van der Waals surface area contributed by atoms with E-state index in [-0.39, 0.29) is 11.9 Å². The van der Waals surface area contributed by atoms with Crippen LogP contribution in [0.1, 0.15) is 36.0 Å². The second-order valence-electron chi connectivity index (χ2n) is 4.75. The highest BCUT2D eigenvalue weighted by Crippen LogP contribution is 2.28. The third kappa shape index (κ3) is 3.48. The van der Waals surface area contributed by atoms with Gasteiger partial charge in [0.1, 0.15) is 5.82 Å². The van der Waals surface area contributed by atoms with E-state index in [1.165, 1.54) is 12.1 Å². The van der Waals surface area contributed by atoms with Crippen LogP contribution in [0.4, 0.5) is 4.39 Å². The average molecular weight is 349 g/mol. The quantitative estimate of drug-likeness (QED) is 0.730. The molecule has 1 aliphatic carbocycles. The molecule has 104 valence electrons. The van der Waals surface area contributed by atoms with Gasteiger partial charge in [-0.15, -0.1) is 11.6 Å². The third-order valence-corrected chi connectivity index (χ3v) is 4.43. The maximum atomic E-state index is 13.3. The van der Waals surface area contributed by atoms with Crippen molar-refractivity contribution in [1.29, 1.82) is 0 Å². The Hall–Kier alpha value is -0.610. The van der Waals surface area contributed by atoms with Crippen LogP contribution in [0.15, 0.2) is 22.7 Å². The molecule has 0 unspecified atom stereocenters. The Bertz CT molecular complexity index is 465. The van der Waals surface area contributed by atoms with Crippen LogP contribution in [0.2, 0.25) is 0 Å². The van der Waals surface area contributed by atoms with E-state index in [4.69, 9.17) is 11.6 Å². The molecule has 1 amide bonds. The van der Waals surface area contributed by atoms with Crippen molar-refractivity contribution >= 4 is 33.4 Å². The maximum absolute atomic E-state index is 13.3. The van der Waals surface area contributed by atoms with E-state index >= 15 is 0 Å². The topological polar surface area (TPSA) is 20.3 Å². The Morgan fingerprint density at radius 1 is 1.47 bits per heavy atom. The zero-order chi connectivity index (χ0) is 13.8. The molecule has 0 radical (unpaired) electrons. The molecule has 1 fully saturated rings. The summed E-state index contributed by atoms with van der Waals surface area (Å²) in [7, 11) is 0. The normalized spacial score (nSPS) is 15.1. The molecule has 1 aromatic rings. The molecule has 5 heteroatoms. The van der Waals surface area contributed by atoms with E-state index in [0.717, 1.165) is 25.7 Å². The summed E-state index contributed by atoms with van der Waals surface area (Å²) in [5, 5.41) is 0. The van der Waals surface area contributed by atoms with Gasteiger partial charge in [0.05, 0.1) is 5.56 Å². The first-order valence-electron chi connectivity index (χ1n) is 6.45. The summed E-state index contributed by atoms with van der Waals surface area (Å²) in [5.74, 6) is 0.0273. The van der Waals surface area contributed by atoms with Crippen molar-refractivity contribution in [2.24, 2.45) is 0 Å². The highest BCUT2D eigenvalue weighted by molar-refractivity contribution is 9.10. The van der Waals surface area contributed by atoms with Gasteiger partial charge in [-0.2, -0.15) is 0 Å². The Morgan fingerprint density at radius 2 is 2.21 bits per heavy atom. The molecular weight excluding hydrogens is 333 g/mol. The largest absolute Gasteiger partial charge is 0.336 e. The minimum absolute atomic E-state index is 0.110. The van der Waals surface area contributed by atoms with E-state index in [2.05, 4.69) is 15.9 Å². The van der Waals surface area contributed by atoms with Crippen LogP contribution in [0.25, 0.3) is 0 Å². The highest BCUT2D eigenvalue weighted by atomic mass is 79.9. The Kier molecular flexibility index (Phi) is 5.22. The van der Waals surface area contributed by atoms with Crippen LogP contribution in [0, 0.1) is 5.82 Å². The fraction of sp³-hybridized carbons (Fsp3) is 0.500. The number of halogens is 3.